The number of rotatable bonds is 3. The minimum absolute atomic E-state index is 0.663. The summed E-state index contributed by atoms with van der Waals surface area (Å²) in [6.07, 6.45) is 0. The van der Waals surface area contributed by atoms with E-state index >= 15 is 0 Å². The van der Waals surface area contributed by atoms with E-state index in [4.69, 9.17) is 5.73 Å². The molecule has 0 radical (unpaired) electrons. The van der Waals surface area contributed by atoms with Crippen LogP contribution in [0.15, 0.2) is 5.38 Å². The molecule has 1 fully saturated rings. The summed E-state index contributed by atoms with van der Waals surface area (Å²) in [6, 6.07) is 0.663. The Labute approximate surface area is 101 Å². The molecule has 90 valence electrons. The van der Waals surface area contributed by atoms with Crippen LogP contribution in [0.1, 0.15) is 12.6 Å². The van der Waals surface area contributed by atoms with Gasteiger partial charge in [-0.15, -0.1) is 11.3 Å². The molecule has 16 heavy (non-hydrogen) atoms. The van der Waals surface area contributed by atoms with Crippen LogP contribution in [0.3, 0.4) is 0 Å². The summed E-state index contributed by atoms with van der Waals surface area (Å²) in [5.41, 5.74) is 6.74. The summed E-state index contributed by atoms with van der Waals surface area (Å²) in [7, 11) is 4.32. The fourth-order valence-corrected chi connectivity index (χ4v) is 3.03. The zero-order valence-electron chi connectivity index (χ0n) is 10.2. The third kappa shape index (κ3) is 2.53. The van der Waals surface area contributed by atoms with Gasteiger partial charge in [0.1, 0.15) is 0 Å². The predicted molar refractivity (Wildman–Crippen MR) is 68.4 cm³/mol. The lowest BCUT2D eigenvalue weighted by molar-refractivity contribution is 0.249. The molecule has 1 aliphatic heterocycles. The summed E-state index contributed by atoms with van der Waals surface area (Å²) >= 11 is 1.53. The van der Waals surface area contributed by atoms with Crippen LogP contribution in [0.5, 0.6) is 0 Å². The maximum absolute atomic E-state index is 5.64. The van der Waals surface area contributed by atoms with Crippen molar-refractivity contribution in [1.29, 1.82) is 0 Å². The molecular formula is C11H20N4S. The summed E-state index contributed by atoms with van der Waals surface area (Å²) in [4.78, 5) is 9.09. The van der Waals surface area contributed by atoms with Gasteiger partial charge in [-0.2, -0.15) is 0 Å². The van der Waals surface area contributed by atoms with Crippen molar-refractivity contribution >= 4 is 16.5 Å². The van der Waals surface area contributed by atoms with Crippen molar-refractivity contribution < 1.29 is 0 Å². The molecule has 2 N–H and O–H groups in total. The molecule has 2 unspecified atom stereocenters. The van der Waals surface area contributed by atoms with E-state index in [1.54, 1.807) is 0 Å². The molecule has 4 nitrogen and oxygen atoms in total. The average molecular weight is 240 g/mol. The van der Waals surface area contributed by atoms with E-state index in [9.17, 15) is 0 Å². The first kappa shape index (κ1) is 11.8. The lowest BCUT2D eigenvalue weighted by Crippen LogP contribution is -2.34. The Morgan fingerprint density at radius 2 is 2.31 bits per heavy atom. The Hall–Kier alpha value is -0.650. The molecule has 0 spiro atoms. The second-order valence-corrected chi connectivity index (χ2v) is 5.77. The number of likely N-dealkylation sites (tertiary alicyclic amines) is 1. The molecule has 1 aromatic heterocycles. The minimum Gasteiger partial charge on any atom is -0.375 e. The molecule has 0 amide bonds. The van der Waals surface area contributed by atoms with Gasteiger partial charge in [0.15, 0.2) is 5.13 Å². The highest BCUT2D eigenvalue weighted by Gasteiger charge is 2.30. The Bertz CT molecular complexity index is 350. The predicted octanol–water partition coefficient (Wildman–Crippen LogP) is 1.11. The lowest BCUT2D eigenvalue weighted by Gasteiger charge is -2.22. The number of nitrogens with zero attached hydrogens (tertiary/aromatic N) is 3. The van der Waals surface area contributed by atoms with Crippen molar-refractivity contribution in [2.45, 2.75) is 19.5 Å². The van der Waals surface area contributed by atoms with Crippen LogP contribution in [-0.4, -0.2) is 48.0 Å². The van der Waals surface area contributed by atoms with Gasteiger partial charge in [-0.25, -0.2) is 4.98 Å². The molecule has 2 heterocycles. The van der Waals surface area contributed by atoms with E-state index in [-0.39, 0.29) is 0 Å². The van der Waals surface area contributed by atoms with Gasteiger partial charge < -0.3 is 10.6 Å². The van der Waals surface area contributed by atoms with Gasteiger partial charge in [0, 0.05) is 31.1 Å². The van der Waals surface area contributed by atoms with Crippen molar-refractivity contribution in [3.05, 3.63) is 11.1 Å². The van der Waals surface area contributed by atoms with Gasteiger partial charge in [-0.05, 0) is 20.0 Å². The summed E-state index contributed by atoms with van der Waals surface area (Å²) in [6.45, 7) is 5.54. The molecule has 5 heteroatoms. The number of nitrogens with two attached hydrogens (primary N) is 1. The monoisotopic (exact) mass is 240 g/mol. The number of aromatic nitrogens is 1. The highest BCUT2D eigenvalue weighted by atomic mass is 32.1. The number of likely N-dealkylation sites (N-methyl/N-ethyl adjacent to an activating group) is 1. The number of thiazole rings is 1. The minimum atomic E-state index is 0.663. The fraction of sp³-hybridized carbons (Fsp3) is 0.727. The molecule has 1 saturated heterocycles. The van der Waals surface area contributed by atoms with E-state index in [2.05, 4.69) is 41.2 Å². The van der Waals surface area contributed by atoms with Gasteiger partial charge in [-0.1, -0.05) is 6.92 Å². The largest absolute Gasteiger partial charge is 0.375 e. The number of hydrogen-bond acceptors (Lipinski definition) is 5. The maximum atomic E-state index is 5.64. The second kappa shape index (κ2) is 4.69. The molecule has 2 rings (SSSR count). The van der Waals surface area contributed by atoms with Crippen LogP contribution in [0, 0.1) is 5.92 Å². The summed E-state index contributed by atoms with van der Waals surface area (Å²) < 4.78 is 0. The smallest absolute Gasteiger partial charge is 0.180 e. The van der Waals surface area contributed by atoms with Gasteiger partial charge in [0.2, 0.25) is 0 Å². The maximum Gasteiger partial charge on any atom is 0.180 e. The molecule has 0 aromatic carbocycles. The standard InChI is InChI=1S/C11H20N4S/c1-8-4-15(6-10(8)14(2)3)5-9-7-16-11(12)13-9/h7-8,10H,4-6H2,1-3H3,(H2,12,13). The Morgan fingerprint density at radius 3 is 2.81 bits per heavy atom. The Balaban J connectivity index is 1.93. The third-order valence-electron chi connectivity index (χ3n) is 3.27. The normalized spacial score (nSPS) is 26.8. The van der Waals surface area contributed by atoms with Gasteiger partial charge in [-0.3, -0.25) is 4.90 Å². The molecule has 1 aromatic rings. The van der Waals surface area contributed by atoms with E-state index < -0.39 is 0 Å². The van der Waals surface area contributed by atoms with Gasteiger partial charge in [0.25, 0.3) is 0 Å². The molecule has 1 aliphatic rings. The van der Waals surface area contributed by atoms with E-state index in [0.29, 0.717) is 11.2 Å². The molecule has 0 saturated carbocycles. The zero-order valence-corrected chi connectivity index (χ0v) is 11.0. The van der Waals surface area contributed by atoms with Crippen LogP contribution in [-0.2, 0) is 6.54 Å². The lowest BCUT2D eigenvalue weighted by atomic mass is 10.1. The second-order valence-electron chi connectivity index (χ2n) is 4.88. The zero-order chi connectivity index (χ0) is 11.7. The van der Waals surface area contributed by atoms with Crippen LogP contribution in [0.4, 0.5) is 5.13 Å². The van der Waals surface area contributed by atoms with Crippen LogP contribution < -0.4 is 5.73 Å². The SMILES string of the molecule is CC1CN(Cc2csc(N)n2)CC1N(C)C. The average Bonchev–Trinajstić information content (AvgIpc) is 2.73. The summed E-state index contributed by atoms with van der Waals surface area (Å²) in [5.74, 6) is 0.728. The highest BCUT2D eigenvalue weighted by molar-refractivity contribution is 7.13. The van der Waals surface area contributed by atoms with Crippen molar-refractivity contribution in [2.75, 3.05) is 32.9 Å². The Morgan fingerprint density at radius 1 is 1.56 bits per heavy atom. The topological polar surface area (TPSA) is 45.4 Å². The first-order chi connectivity index (χ1) is 7.56. The van der Waals surface area contributed by atoms with Gasteiger partial charge >= 0.3 is 0 Å². The molecule has 0 aliphatic carbocycles. The quantitative estimate of drug-likeness (QED) is 0.859. The van der Waals surface area contributed by atoms with Crippen molar-refractivity contribution in [3.8, 4) is 0 Å². The van der Waals surface area contributed by atoms with Crippen LogP contribution in [0.25, 0.3) is 0 Å². The van der Waals surface area contributed by atoms with Crippen molar-refractivity contribution in [2.24, 2.45) is 5.92 Å². The van der Waals surface area contributed by atoms with E-state index in [1.807, 2.05) is 0 Å². The van der Waals surface area contributed by atoms with Crippen LogP contribution >= 0.6 is 11.3 Å². The molecule has 2 atom stereocenters. The summed E-state index contributed by atoms with van der Waals surface area (Å²) in [5, 5.41) is 2.73. The highest BCUT2D eigenvalue weighted by Crippen LogP contribution is 2.22. The fourth-order valence-electron chi connectivity index (χ4n) is 2.47. The Kier molecular flexibility index (Phi) is 3.47. The first-order valence-corrected chi connectivity index (χ1v) is 6.53. The van der Waals surface area contributed by atoms with Crippen molar-refractivity contribution in [1.82, 2.24) is 14.8 Å². The van der Waals surface area contributed by atoms with Crippen molar-refractivity contribution in [3.63, 3.8) is 0 Å². The van der Waals surface area contributed by atoms with Gasteiger partial charge in [0.05, 0.1) is 5.69 Å². The van der Waals surface area contributed by atoms with E-state index in [0.717, 1.165) is 31.2 Å². The number of hydrogen-bond donors (Lipinski definition) is 1. The van der Waals surface area contributed by atoms with E-state index in [1.165, 1.54) is 11.3 Å². The first-order valence-electron chi connectivity index (χ1n) is 5.65. The molecular weight excluding hydrogens is 220 g/mol. The molecule has 0 bridgehead atoms. The number of anilines is 1. The van der Waals surface area contributed by atoms with Crippen LogP contribution in [0.2, 0.25) is 0 Å². The third-order valence-corrected chi connectivity index (χ3v) is 3.99. The number of nitrogen functional groups attached to an aromatic ring is 1.